The Bertz CT molecular complexity index is 578. The second-order valence-electron chi connectivity index (χ2n) is 4.70. The summed E-state index contributed by atoms with van der Waals surface area (Å²) in [5.41, 5.74) is 2.82. The van der Waals surface area contributed by atoms with Crippen LogP contribution in [0.4, 0.5) is 5.82 Å². The van der Waals surface area contributed by atoms with Crippen LogP contribution in [0.15, 0.2) is 24.5 Å². The molecular weight excluding hydrogens is 268 g/mol. The molecule has 6 nitrogen and oxygen atoms in total. The minimum atomic E-state index is -0.341. The molecule has 112 valence electrons. The number of nitrogens with one attached hydrogen (secondary N) is 2. The number of rotatable bonds is 7. The van der Waals surface area contributed by atoms with Crippen molar-refractivity contribution in [3.05, 3.63) is 41.3 Å². The predicted octanol–water partition coefficient (Wildman–Crippen LogP) is 2.33. The van der Waals surface area contributed by atoms with Gasteiger partial charge in [0.1, 0.15) is 5.82 Å². The molecule has 0 aliphatic heterocycles. The lowest BCUT2D eigenvalue weighted by molar-refractivity contribution is 0.0526. The molecule has 0 aliphatic carbocycles. The first-order chi connectivity index (χ1) is 10.2. The maximum Gasteiger partial charge on any atom is 0.339 e. The Morgan fingerprint density at radius 3 is 2.86 bits per heavy atom. The number of aryl methyl sites for hydroxylation is 2. The van der Waals surface area contributed by atoms with Crippen molar-refractivity contribution in [2.75, 3.05) is 18.5 Å². The van der Waals surface area contributed by atoms with Crippen LogP contribution in [-0.2, 0) is 11.2 Å². The van der Waals surface area contributed by atoms with Gasteiger partial charge in [-0.25, -0.2) is 9.78 Å². The Morgan fingerprint density at radius 2 is 2.24 bits per heavy atom. The van der Waals surface area contributed by atoms with Crippen molar-refractivity contribution in [2.24, 2.45) is 0 Å². The highest BCUT2D eigenvalue weighted by molar-refractivity contribution is 5.89. The molecular formula is C15H20N4O2. The number of H-pyrrole nitrogens is 1. The third kappa shape index (κ3) is 4.30. The third-order valence-corrected chi connectivity index (χ3v) is 3.14. The fourth-order valence-electron chi connectivity index (χ4n) is 1.96. The van der Waals surface area contributed by atoms with E-state index in [2.05, 4.69) is 20.5 Å². The average molecular weight is 288 g/mol. The SMILES string of the molecule is CCOC(=O)c1ccc(NCCCc2cn[nH]c2C)nc1. The van der Waals surface area contributed by atoms with Crippen molar-refractivity contribution in [3.8, 4) is 0 Å². The highest BCUT2D eigenvalue weighted by Crippen LogP contribution is 2.08. The number of carbonyl (C=O) groups is 1. The summed E-state index contributed by atoms with van der Waals surface area (Å²) in [6, 6.07) is 3.50. The molecule has 0 bridgehead atoms. The molecule has 0 fully saturated rings. The Kier molecular flexibility index (Phi) is 5.31. The second-order valence-corrected chi connectivity index (χ2v) is 4.70. The van der Waals surface area contributed by atoms with Gasteiger partial charge in [0, 0.05) is 18.4 Å². The van der Waals surface area contributed by atoms with Gasteiger partial charge >= 0.3 is 5.97 Å². The molecule has 0 aliphatic rings. The number of nitrogens with zero attached hydrogens (tertiary/aromatic N) is 2. The van der Waals surface area contributed by atoms with Crippen LogP contribution >= 0.6 is 0 Å². The van der Waals surface area contributed by atoms with Crippen molar-refractivity contribution in [2.45, 2.75) is 26.7 Å². The molecule has 0 aromatic carbocycles. The van der Waals surface area contributed by atoms with Gasteiger partial charge in [-0.2, -0.15) is 5.10 Å². The van der Waals surface area contributed by atoms with Crippen LogP contribution in [0.5, 0.6) is 0 Å². The van der Waals surface area contributed by atoms with E-state index in [1.807, 2.05) is 13.1 Å². The Morgan fingerprint density at radius 1 is 1.38 bits per heavy atom. The van der Waals surface area contributed by atoms with Gasteiger partial charge < -0.3 is 10.1 Å². The average Bonchev–Trinajstić information content (AvgIpc) is 2.90. The molecule has 2 aromatic heterocycles. The van der Waals surface area contributed by atoms with Crippen LogP contribution in [0, 0.1) is 6.92 Å². The second kappa shape index (κ2) is 7.42. The van der Waals surface area contributed by atoms with Gasteiger partial charge in [0.2, 0.25) is 0 Å². The number of aromatic nitrogens is 3. The fraction of sp³-hybridized carbons (Fsp3) is 0.400. The topological polar surface area (TPSA) is 79.9 Å². The van der Waals surface area contributed by atoms with Gasteiger partial charge in [-0.05, 0) is 44.4 Å². The van der Waals surface area contributed by atoms with E-state index in [4.69, 9.17) is 4.74 Å². The number of pyridine rings is 1. The standard InChI is InChI=1S/C15H20N4O2/c1-3-21-15(20)13-6-7-14(17-9-13)16-8-4-5-12-10-18-19-11(12)2/h6-7,9-10H,3-5,8H2,1-2H3,(H,16,17)(H,18,19). The van der Waals surface area contributed by atoms with Crippen molar-refractivity contribution < 1.29 is 9.53 Å². The number of esters is 1. The Labute approximate surface area is 123 Å². The van der Waals surface area contributed by atoms with E-state index in [1.54, 1.807) is 19.1 Å². The normalized spacial score (nSPS) is 10.4. The van der Waals surface area contributed by atoms with Crippen LogP contribution < -0.4 is 5.32 Å². The maximum absolute atomic E-state index is 11.5. The van der Waals surface area contributed by atoms with Gasteiger partial charge in [-0.15, -0.1) is 0 Å². The molecule has 0 saturated heterocycles. The predicted molar refractivity (Wildman–Crippen MR) is 80.3 cm³/mol. The minimum absolute atomic E-state index is 0.341. The van der Waals surface area contributed by atoms with E-state index >= 15 is 0 Å². The van der Waals surface area contributed by atoms with Gasteiger partial charge in [-0.1, -0.05) is 0 Å². The lowest BCUT2D eigenvalue weighted by Crippen LogP contribution is -2.07. The number of aromatic amines is 1. The molecule has 0 saturated carbocycles. The van der Waals surface area contributed by atoms with Crippen LogP contribution in [0.25, 0.3) is 0 Å². The van der Waals surface area contributed by atoms with E-state index in [9.17, 15) is 4.79 Å². The zero-order chi connectivity index (χ0) is 15.1. The maximum atomic E-state index is 11.5. The molecule has 0 spiro atoms. The molecule has 2 heterocycles. The summed E-state index contributed by atoms with van der Waals surface area (Å²) in [5.74, 6) is 0.416. The zero-order valence-corrected chi connectivity index (χ0v) is 12.3. The molecule has 0 amide bonds. The molecule has 2 aromatic rings. The number of ether oxygens (including phenoxy) is 1. The lowest BCUT2D eigenvalue weighted by Gasteiger charge is -2.06. The van der Waals surface area contributed by atoms with Gasteiger partial charge in [0.25, 0.3) is 0 Å². The van der Waals surface area contributed by atoms with Crippen molar-refractivity contribution in [1.29, 1.82) is 0 Å². The monoisotopic (exact) mass is 288 g/mol. The van der Waals surface area contributed by atoms with Crippen molar-refractivity contribution in [3.63, 3.8) is 0 Å². The summed E-state index contributed by atoms with van der Waals surface area (Å²) in [5, 5.41) is 10.2. The third-order valence-electron chi connectivity index (χ3n) is 3.14. The Balaban J connectivity index is 1.76. The largest absolute Gasteiger partial charge is 0.462 e. The summed E-state index contributed by atoms with van der Waals surface area (Å²) in [4.78, 5) is 15.7. The fourth-order valence-corrected chi connectivity index (χ4v) is 1.96. The number of carbonyl (C=O) groups excluding carboxylic acids is 1. The van der Waals surface area contributed by atoms with Crippen LogP contribution in [-0.4, -0.2) is 34.3 Å². The van der Waals surface area contributed by atoms with Crippen molar-refractivity contribution in [1.82, 2.24) is 15.2 Å². The summed E-state index contributed by atoms with van der Waals surface area (Å²) in [7, 11) is 0. The van der Waals surface area contributed by atoms with Crippen LogP contribution in [0.3, 0.4) is 0 Å². The van der Waals surface area contributed by atoms with E-state index < -0.39 is 0 Å². The minimum Gasteiger partial charge on any atom is -0.462 e. The quantitative estimate of drug-likeness (QED) is 0.604. The summed E-state index contributed by atoms with van der Waals surface area (Å²) >= 11 is 0. The van der Waals surface area contributed by atoms with E-state index in [0.717, 1.165) is 30.9 Å². The van der Waals surface area contributed by atoms with E-state index in [1.165, 1.54) is 11.8 Å². The Hall–Kier alpha value is -2.37. The summed E-state index contributed by atoms with van der Waals surface area (Å²) in [6.07, 6.45) is 5.35. The first kappa shape index (κ1) is 15.0. The molecule has 0 radical (unpaired) electrons. The highest BCUT2D eigenvalue weighted by Gasteiger charge is 2.06. The van der Waals surface area contributed by atoms with Gasteiger partial charge in [0.05, 0.1) is 18.4 Å². The van der Waals surface area contributed by atoms with Crippen LogP contribution in [0.1, 0.15) is 35.0 Å². The van der Waals surface area contributed by atoms with Crippen molar-refractivity contribution >= 4 is 11.8 Å². The number of hydrogen-bond donors (Lipinski definition) is 2. The number of anilines is 1. The number of hydrogen-bond acceptors (Lipinski definition) is 5. The summed E-state index contributed by atoms with van der Waals surface area (Å²) < 4.78 is 4.91. The molecule has 0 unspecified atom stereocenters. The lowest BCUT2D eigenvalue weighted by atomic mass is 10.1. The molecule has 2 rings (SSSR count). The smallest absolute Gasteiger partial charge is 0.339 e. The molecule has 21 heavy (non-hydrogen) atoms. The first-order valence-electron chi connectivity index (χ1n) is 7.06. The molecule has 2 N–H and O–H groups in total. The summed E-state index contributed by atoms with van der Waals surface area (Å²) in [6.45, 7) is 4.98. The van der Waals surface area contributed by atoms with E-state index in [-0.39, 0.29) is 5.97 Å². The van der Waals surface area contributed by atoms with Gasteiger partial charge in [0.15, 0.2) is 0 Å². The van der Waals surface area contributed by atoms with Gasteiger partial charge in [-0.3, -0.25) is 5.10 Å². The molecule has 0 atom stereocenters. The highest BCUT2D eigenvalue weighted by atomic mass is 16.5. The molecule has 6 heteroatoms. The zero-order valence-electron chi connectivity index (χ0n) is 12.3. The van der Waals surface area contributed by atoms with E-state index in [0.29, 0.717) is 12.2 Å². The first-order valence-corrected chi connectivity index (χ1v) is 7.06. The van der Waals surface area contributed by atoms with Crippen LogP contribution in [0.2, 0.25) is 0 Å².